The molecule has 1 fully saturated rings. The number of nitrogens with two attached hydrogens (primary N) is 1. The molecule has 3 heteroatoms. The molecular weight excluding hydrogens is 312 g/mol. The fourth-order valence-corrected chi connectivity index (χ4v) is 4.58. The largest absolute Gasteiger partial charge is 0.347 e. The van der Waals surface area contributed by atoms with Crippen LogP contribution in [0.2, 0.25) is 0 Å². The van der Waals surface area contributed by atoms with Crippen LogP contribution in [0.5, 0.6) is 0 Å². The SMILES string of the molecule is NC1CCC(c2cn3c4c(cc(Br)cc24)CCC3)CC1. The molecule has 20 heavy (non-hydrogen) atoms. The quantitative estimate of drug-likeness (QED) is 0.827. The molecule has 0 unspecified atom stereocenters. The van der Waals surface area contributed by atoms with E-state index in [1.54, 1.807) is 5.56 Å². The Morgan fingerprint density at radius 3 is 2.75 bits per heavy atom. The second-order valence-corrected chi connectivity index (χ2v) is 7.37. The van der Waals surface area contributed by atoms with Gasteiger partial charge in [0.15, 0.2) is 0 Å². The number of rotatable bonds is 1. The van der Waals surface area contributed by atoms with Crippen molar-refractivity contribution in [2.45, 2.75) is 57.0 Å². The molecule has 0 bridgehead atoms. The average molecular weight is 333 g/mol. The predicted octanol–water partition coefficient (Wildman–Crippen LogP) is 4.33. The Morgan fingerprint density at radius 2 is 1.95 bits per heavy atom. The van der Waals surface area contributed by atoms with Gasteiger partial charge in [0.05, 0.1) is 5.52 Å². The lowest BCUT2D eigenvalue weighted by Crippen LogP contribution is -2.25. The minimum absolute atomic E-state index is 0.428. The van der Waals surface area contributed by atoms with Gasteiger partial charge in [0.1, 0.15) is 0 Å². The van der Waals surface area contributed by atoms with Crippen LogP contribution < -0.4 is 5.73 Å². The standard InChI is InChI=1S/C17H21BrN2/c18-13-8-12-2-1-7-20-10-16(15(9-13)17(12)20)11-3-5-14(19)6-4-11/h8-11,14H,1-7,19H2. The van der Waals surface area contributed by atoms with Crippen molar-refractivity contribution in [1.82, 2.24) is 4.57 Å². The summed E-state index contributed by atoms with van der Waals surface area (Å²) < 4.78 is 3.72. The second-order valence-electron chi connectivity index (χ2n) is 6.45. The van der Waals surface area contributed by atoms with Crippen LogP contribution in [0.15, 0.2) is 22.8 Å². The van der Waals surface area contributed by atoms with E-state index in [0.29, 0.717) is 12.0 Å². The van der Waals surface area contributed by atoms with Gasteiger partial charge in [0.2, 0.25) is 0 Å². The molecule has 2 aromatic rings. The summed E-state index contributed by atoms with van der Waals surface area (Å²) in [7, 11) is 0. The maximum absolute atomic E-state index is 6.06. The van der Waals surface area contributed by atoms with E-state index in [2.05, 4.69) is 38.8 Å². The first kappa shape index (κ1) is 12.9. The zero-order chi connectivity index (χ0) is 13.7. The topological polar surface area (TPSA) is 30.9 Å². The number of halogens is 1. The molecule has 0 spiro atoms. The van der Waals surface area contributed by atoms with Crippen molar-refractivity contribution in [1.29, 1.82) is 0 Å². The molecule has 0 saturated heterocycles. The van der Waals surface area contributed by atoms with Crippen molar-refractivity contribution in [3.8, 4) is 0 Å². The third kappa shape index (κ3) is 2.03. The summed E-state index contributed by atoms with van der Waals surface area (Å²) in [6.45, 7) is 1.18. The number of aromatic nitrogens is 1. The molecule has 106 valence electrons. The Hall–Kier alpha value is -0.800. The van der Waals surface area contributed by atoms with Gasteiger partial charge in [-0.2, -0.15) is 0 Å². The van der Waals surface area contributed by atoms with E-state index in [4.69, 9.17) is 5.73 Å². The maximum Gasteiger partial charge on any atom is 0.0516 e. The number of nitrogens with zero attached hydrogens (tertiary/aromatic N) is 1. The van der Waals surface area contributed by atoms with Gasteiger partial charge in [-0.25, -0.2) is 0 Å². The molecule has 1 aromatic carbocycles. The number of hydrogen-bond acceptors (Lipinski definition) is 1. The molecule has 0 atom stereocenters. The van der Waals surface area contributed by atoms with Crippen LogP contribution in [0.4, 0.5) is 0 Å². The molecular formula is C17H21BrN2. The van der Waals surface area contributed by atoms with E-state index < -0.39 is 0 Å². The van der Waals surface area contributed by atoms with Crippen LogP contribution in [-0.4, -0.2) is 10.6 Å². The molecule has 2 aliphatic rings. The van der Waals surface area contributed by atoms with E-state index in [0.717, 1.165) is 0 Å². The van der Waals surface area contributed by atoms with Gasteiger partial charge in [0.25, 0.3) is 0 Å². The van der Waals surface area contributed by atoms with Crippen molar-refractivity contribution in [2.24, 2.45) is 5.73 Å². The summed E-state index contributed by atoms with van der Waals surface area (Å²) in [6, 6.07) is 5.06. The Morgan fingerprint density at radius 1 is 1.15 bits per heavy atom. The van der Waals surface area contributed by atoms with Crippen molar-refractivity contribution in [2.75, 3.05) is 0 Å². The Labute approximate surface area is 128 Å². The van der Waals surface area contributed by atoms with E-state index in [1.165, 1.54) is 66.0 Å². The summed E-state index contributed by atoms with van der Waals surface area (Å²) in [5.74, 6) is 0.707. The minimum atomic E-state index is 0.428. The lowest BCUT2D eigenvalue weighted by molar-refractivity contribution is 0.396. The zero-order valence-corrected chi connectivity index (χ0v) is 13.3. The third-order valence-corrected chi connectivity index (χ3v) is 5.56. The number of benzene rings is 1. The molecule has 0 amide bonds. The Bertz CT molecular complexity index is 651. The molecule has 4 rings (SSSR count). The van der Waals surface area contributed by atoms with E-state index in [-0.39, 0.29) is 0 Å². The molecule has 1 aromatic heterocycles. The Balaban J connectivity index is 1.84. The van der Waals surface area contributed by atoms with Crippen LogP contribution in [0.3, 0.4) is 0 Å². The fraction of sp³-hybridized carbons (Fsp3) is 0.529. The van der Waals surface area contributed by atoms with Gasteiger partial charge in [-0.1, -0.05) is 15.9 Å². The average Bonchev–Trinajstić information content (AvgIpc) is 2.80. The van der Waals surface area contributed by atoms with Gasteiger partial charge in [-0.15, -0.1) is 0 Å². The van der Waals surface area contributed by atoms with E-state index in [1.807, 2.05) is 0 Å². The van der Waals surface area contributed by atoms with Gasteiger partial charge >= 0.3 is 0 Å². The van der Waals surface area contributed by atoms with Gasteiger partial charge in [-0.3, -0.25) is 0 Å². The van der Waals surface area contributed by atoms with Crippen molar-refractivity contribution in [3.63, 3.8) is 0 Å². The summed E-state index contributed by atoms with van der Waals surface area (Å²) in [6.07, 6.45) is 9.78. The minimum Gasteiger partial charge on any atom is -0.347 e. The molecule has 1 aliphatic carbocycles. The second kappa shape index (κ2) is 4.88. The van der Waals surface area contributed by atoms with E-state index in [9.17, 15) is 0 Å². The van der Waals surface area contributed by atoms with Gasteiger partial charge < -0.3 is 10.3 Å². The summed E-state index contributed by atoms with van der Waals surface area (Å²) in [5, 5.41) is 1.48. The van der Waals surface area contributed by atoms with Crippen molar-refractivity contribution >= 4 is 26.8 Å². The Kier molecular flexibility index (Phi) is 3.15. The van der Waals surface area contributed by atoms with Crippen LogP contribution in [-0.2, 0) is 13.0 Å². The van der Waals surface area contributed by atoms with Gasteiger partial charge in [0, 0.05) is 28.6 Å². The first-order chi connectivity index (χ1) is 9.72. The normalized spacial score (nSPS) is 26.1. The lowest BCUT2D eigenvalue weighted by Gasteiger charge is -2.25. The van der Waals surface area contributed by atoms with Gasteiger partial charge in [-0.05, 0) is 67.7 Å². The fourth-order valence-electron chi connectivity index (χ4n) is 4.08. The molecule has 1 saturated carbocycles. The van der Waals surface area contributed by atoms with E-state index >= 15 is 0 Å². The molecule has 2 nitrogen and oxygen atoms in total. The maximum atomic E-state index is 6.06. The summed E-state index contributed by atoms with van der Waals surface area (Å²) >= 11 is 3.70. The van der Waals surface area contributed by atoms with Crippen molar-refractivity contribution in [3.05, 3.63) is 33.9 Å². The van der Waals surface area contributed by atoms with Crippen LogP contribution in [0.25, 0.3) is 10.9 Å². The summed E-state index contributed by atoms with van der Waals surface area (Å²) in [5.41, 5.74) is 10.6. The first-order valence-corrected chi connectivity index (χ1v) is 8.58. The first-order valence-electron chi connectivity index (χ1n) is 7.79. The molecule has 2 heterocycles. The highest BCUT2D eigenvalue weighted by Gasteiger charge is 2.25. The van der Waals surface area contributed by atoms with Crippen LogP contribution in [0, 0.1) is 0 Å². The third-order valence-electron chi connectivity index (χ3n) is 5.10. The molecule has 0 radical (unpaired) electrons. The zero-order valence-electron chi connectivity index (χ0n) is 11.7. The van der Waals surface area contributed by atoms with Crippen molar-refractivity contribution < 1.29 is 0 Å². The molecule has 2 N–H and O–H groups in total. The highest BCUT2D eigenvalue weighted by Crippen LogP contribution is 2.40. The highest BCUT2D eigenvalue weighted by atomic mass is 79.9. The smallest absolute Gasteiger partial charge is 0.0516 e. The lowest BCUT2D eigenvalue weighted by atomic mass is 9.82. The molecule has 1 aliphatic heterocycles. The monoisotopic (exact) mass is 332 g/mol. The predicted molar refractivity (Wildman–Crippen MR) is 87.1 cm³/mol. The van der Waals surface area contributed by atoms with Crippen LogP contribution >= 0.6 is 15.9 Å². The van der Waals surface area contributed by atoms with Crippen LogP contribution in [0.1, 0.15) is 49.1 Å². The number of aryl methyl sites for hydroxylation is 2. The number of hydrogen-bond donors (Lipinski definition) is 1. The highest BCUT2D eigenvalue weighted by molar-refractivity contribution is 9.10. The summed E-state index contributed by atoms with van der Waals surface area (Å²) in [4.78, 5) is 0.